The second-order valence-corrected chi connectivity index (χ2v) is 9.37. The van der Waals surface area contributed by atoms with Gasteiger partial charge in [0.05, 0.1) is 15.2 Å². The van der Waals surface area contributed by atoms with E-state index in [1.54, 1.807) is 18.2 Å². The highest BCUT2D eigenvalue weighted by atomic mass is 79.9. The molecule has 0 aliphatic carbocycles. The van der Waals surface area contributed by atoms with Gasteiger partial charge in [-0.2, -0.15) is 5.10 Å². The van der Waals surface area contributed by atoms with E-state index in [1.165, 1.54) is 0 Å². The van der Waals surface area contributed by atoms with Crippen LogP contribution < -0.4 is 5.43 Å². The van der Waals surface area contributed by atoms with E-state index in [-0.39, 0.29) is 11.7 Å². The van der Waals surface area contributed by atoms with Gasteiger partial charge in [-0.15, -0.1) is 0 Å². The fraction of sp³-hybridized carbons (Fsp3) is 0.211. The SMILES string of the molecule is C/C=C(/N/N=C/c1cc(Br)c(O)c(Br)c1)C1[B]CCN1Sc1ccc(Cl)cc1. The largest absolute Gasteiger partial charge is 0.506 e. The van der Waals surface area contributed by atoms with Crippen molar-refractivity contribution in [3.8, 4) is 5.75 Å². The predicted molar refractivity (Wildman–Crippen MR) is 126 cm³/mol. The Bertz CT molecular complexity index is 872. The van der Waals surface area contributed by atoms with Crippen LogP contribution >= 0.6 is 55.4 Å². The summed E-state index contributed by atoms with van der Waals surface area (Å²) in [5.41, 5.74) is 5.05. The number of halogens is 3. The van der Waals surface area contributed by atoms with E-state index in [9.17, 15) is 5.11 Å². The van der Waals surface area contributed by atoms with Crippen LogP contribution in [0.1, 0.15) is 12.5 Å². The zero-order chi connectivity index (χ0) is 20.1. The van der Waals surface area contributed by atoms with Crippen LogP contribution in [0, 0.1) is 0 Å². The second kappa shape index (κ2) is 10.2. The molecule has 9 heteroatoms. The lowest BCUT2D eigenvalue weighted by Gasteiger charge is -2.25. The van der Waals surface area contributed by atoms with Crippen LogP contribution in [-0.4, -0.2) is 35.4 Å². The Labute approximate surface area is 192 Å². The van der Waals surface area contributed by atoms with E-state index in [0.29, 0.717) is 8.95 Å². The predicted octanol–water partition coefficient (Wildman–Crippen LogP) is 5.87. The Balaban J connectivity index is 1.66. The molecule has 4 nitrogen and oxygen atoms in total. The molecule has 1 atom stereocenters. The number of nitrogens with zero attached hydrogens (tertiary/aromatic N) is 2. The molecule has 0 saturated carbocycles. The Kier molecular flexibility index (Phi) is 7.94. The monoisotopic (exact) mass is 540 g/mol. The summed E-state index contributed by atoms with van der Waals surface area (Å²) in [6.07, 6.45) is 4.79. The molecule has 1 heterocycles. The number of allylic oxidation sites excluding steroid dienone is 1. The number of hydrogen-bond donors (Lipinski definition) is 2. The summed E-state index contributed by atoms with van der Waals surface area (Å²) in [5, 5.41) is 14.9. The molecule has 2 aromatic carbocycles. The molecular formula is C19H18BBr2ClN3OS. The average molecular weight is 543 g/mol. The summed E-state index contributed by atoms with van der Waals surface area (Å²) >= 11 is 14.4. The lowest BCUT2D eigenvalue weighted by atomic mass is 9.69. The quantitative estimate of drug-likeness (QED) is 0.208. The van der Waals surface area contributed by atoms with Crippen LogP contribution in [0.4, 0.5) is 0 Å². The maximum atomic E-state index is 9.81. The molecule has 0 amide bonds. The number of aromatic hydroxyl groups is 1. The van der Waals surface area contributed by atoms with Crippen LogP contribution in [-0.2, 0) is 0 Å². The minimum absolute atomic E-state index is 0.154. The number of phenols is 1. The van der Waals surface area contributed by atoms with E-state index in [0.717, 1.165) is 34.0 Å². The Morgan fingerprint density at radius 2 is 2.00 bits per heavy atom. The highest BCUT2D eigenvalue weighted by Crippen LogP contribution is 2.33. The first-order valence-corrected chi connectivity index (χ1v) is 11.4. The lowest BCUT2D eigenvalue weighted by Crippen LogP contribution is -2.33. The van der Waals surface area contributed by atoms with Crippen molar-refractivity contribution in [2.75, 3.05) is 6.54 Å². The summed E-state index contributed by atoms with van der Waals surface area (Å²) in [6, 6.07) is 11.5. The highest BCUT2D eigenvalue weighted by Gasteiger charge is 2.29. The summed E-state index contributed by atoms with van der Waals surface area (Å²) in [4.78, 5) is 1.16. The fourth-order valence-corrected chi connectivity index (χ4v) is 5.16. The third-order valence-corrected chi connectivity index (χ3v) is 6.75. The molecule has 2 N–H and O–H groups in total. The first-order chi connectivity index (χ1) is 13.5. The Morgan fingerprint density at radius 3 is 2.64 bits per heavy atom. The third-order valence-electron chi connectivity index (χ3n) is 4.16. The number of hydrogen-bond acceptors (Lipinski definition) is 5. The summed E-state index contributed by atoms with van der Waals surface area (Å²) in [7, 11) is 2.29. The maximum Gasteiger partial charge on any atom is 0.144 e. The van der Waals surface area contributed by atoms with E-state index in [4.69, 9.17) is 11.6 Å². The molecule has 0 aromatic heterocycles. The van der Waals surface area contributed by atoms with Crippen LogP contribution in [0.2, 0.25) is 11.3 Å². The Morgan fingerprint density at radius 1 is 1.32 bits per heavy atom. The normalized spacial score (nSPS) is 17.9. The summed E-state index contributed by atoms with van der Waals surface area (Å²) in [6.45, 7) is 2.97. The minimum atomic E-state index is 0.154. The molecular weight excluding hydrogens is 524 g/mol. The van der Waals surface area contributed by atoms with Gasteiger partial charge in [-0.25, -0.2) is 4.31 Å². The molecule has 0 spiro atoms. The number of hydrazone groups is 1. The van der Waals surface area contributed by atoms with Crippen LogP contribution in [0.25, 0.3) is 0 Å². The standard InChI is InChI=1S/C19H18BBr2ClN3OS/c1-2-17(25-24-11-12-9-15(21)18(27)16(22)10-12)19-20-7-8-26(19)28-14-5-3-13(23)4-6-14/h2-6,9-11,19,25,27H,7-8H2,1H3/b17-2+,24-11+. The molecule has 3 rings (SSSR count). The molecule has 28 heavy (non-hydrogen) atoms. The number of benzene rings is 2. The second-order valence-electron chi connectivity index (χ2n) is 6.10. The van der Waals surface area contributed by atoms with Gasteiger partial charge in [-0.3, -0.25) is 5.43 Å². The van der Waals surface area contributed by atoms with Crippen molar-refractivity contribution < 1.29 is 5.11 Å². The van der Waals surface area contributed by atoms with E-state index in [1.807, 2.05) is 49.4 Å². The van der Waals surface area contributed by atoms with Crippen molar-refractivity contribution >= 4 is 68.9 Å². The van der Waals surface area contributed by atoms with Gasteiger partial charge in [0.25, 0.3) is 0 Å². The van der Waals surface area contributed by atoms with Gasteiger partial charge in [-0.1, -0.05) is 24.0 Å². The van der Waals surface area contributed by atoms with Crippen LogP contribution in [0.5, 0.6) is 5.75 Å². The fourth-order valence-electron chi connectivity index (χ4n) is 2.77. The lowest BCUT2D eigenvalue weighted by molar-refractivity contribution is 0.468. The van der Waals surface area contributed by atoms with Crippen molar-refractivity contribution in [3.63, 3.8) is 0 Å². The van der Waals surface area contributed by atoms with Gasteiger partial charge in [-0.05, 0) is 92.7 Å². The summed E-state index contributed by atoms with van der Waals surface area (Å²) in [5.74, 6) is 0.329. The first kappa shape index (κ1) is 21.8. The van der Waals surface area contributed by atoms with Gasteiger partial charge in [0.1, 0.15) is 13.0 Å². The molecule has 2 aromatic rings. The van der Waals surface area contributed by atoms with Gasteiger partial charge in [0, 0.05) is 28.1 Å². The molecule has 0 bridgehead atoms. The van der Waals surface area contributed by atoms with Gasteiger partial charge < -0.3 is 5.11 Å². The molecule has 145 valence electrons. The molecule has 1 unspecified atom stereocenters. The number of phenolic OH excluding ortho intramolecular Hbond substituents is 1. The van der Waals surface area contributed by atoms with Crippen LogP contribution in [0.15, 0.2) is 67.1 Å². The third kappa shape index (κ3) is 5.57. The minimum Gasteiger partial charge on any atom is -0.506 e. The molecule has 1 aliphatic rings. The Hall–Kier alpha value is -0.925. The smallest absolute Gasteiger partial charge is 0.144 e. The molecule has 1 saturated heterocycles. The molecule has 1 fully saturated rings. The average Bonchev–Trinajstić information content (AvgIpc) is 3.13. The number of nitrogens with one attached hydrogen (secondary N) is 1. The van der Waals surface area contributed by atoms with Gasteiger partial charge >= 0.3 is 0 Å². The van der Waals surface area contributed by atoms with Crippen molar-refractivity contribution in [2.45, 2.75) is 24.1 Å². The molecule has 1 aliphatic heterocycles. The summed E-state index contributed by atoms with van der Waals surface area (Å²) < 4.78 is 3.56. The van der Waals surface area contributed by atoms with Gasteiger partial charge in [0.15, 0.2) is 0 Å². The van der Waals surface area contributed by atoms with Crippen molar-refractivity contribution in [1.82, 2.24) is 9.73 Å². The zero-order valence-corrected chi connectivity index (χ0v) is 19.8. The van der Waals surface area contributed by atoms with Crippen molar-refractivity contribution in [1.29, 1.82) is 0 Å². The van der Waals surface area contributed by atoms with Crippen molar-refractivity contribution in [3.05, 3.63) is 67.7 Å². The zero-order valence-electron chi connectivity index (χ0n) is 15.1. The highest BCUT2D eigenvalue weighted by molar-refractivity contribution is 9.11. The van der Waals surface area contributed by atoms with Crippen LogP contribution in [0.3, 0.4) is 0 Å². The first-order valence-electron chi connectivity index (χ1n) is 8.64. The van der Waals surface area contributed by atoms with Crippen molar-refractivity contribution in [2.24, 2.45) is 5.10 Å². The topological polar surface area (TPSA) is 47.9 Å². The molecule has 1 radical (unpaired) electrons. The number of rotatable bonds is 6. The van der Waals surface area contributed by atoms with Gasteiger partial charge in [0.2, 0.25) is 0 Å². The van der Waals surface area contributed by atoms with E-state index in [2.05, 4.69) is 54.0 Å². The maximum absolute atomic E-state index is 9.81. The van der Waals surface area contributed by atoms with E-state index < -0.39 is 0 Å². The van der Waals surface area contributed by atoms with E-state index >= 15 is 0 Å².